The SMILES string of the molecule is CCCNc1cnc(CSc2n[nH]c(=O)n2C2CC2)cn1. The van der Waals surface area contributed by atoms with Gasteiger partial charge in [-0.15, -0.1) is 5.10 Å². The lowest BCUT2D eigenvalue weighted by Crippen LogP contribution is -2.16. The van der Waals surface area contributed by atoms with Crippen LogP contribution in [-0.2, 0) is 5.75 Å². The van der Waals surface area contributed by atoms with E-state index in [1.807, 2.05) is 0 Å². The average Bonchev–Trinajstić information content (AvgIpc) is 3.27. The molecule has 0 saturated heterocycles. The number of H-pyrrole nitrogens is 1. The summed E-state index contributed by atoms with van der Waals surface area (Å²) in [6.07, 6.45) is 6.67. The van der Waals surface area contributed by atoms with Crippen molar-refractivity contribution in [3.8, 4) is 0 Å². The Kier molecular flexibility index (Phi) is 4.23. The molecule has 112 valence electrons. The molecule has 1 fully saturated rings. The second-order valence-electron chi connectivity index (χ2n) is 5.02. The Hall–Kier alpha value is -1.83. The van der Waals surface area contributed by atoms with Crippen LogP contribution in [-0.4, -0.2) is 31.3 Å². The van der Waals surface area contributed by atoms with Gasteiger partial charge < -0.3 is 5.32 Å². The lowest BCUT2D eigenvalue weighted by Gasteiger charge is -2.05. The van der Waals surface area contributed by atoms with Crippen LogP contribution in [0, 0.1) is 0 Å². The topological polar surface area (TPSA) is 88.5 Å². The predicted molar refractivity (Wildman–Crippen MR) is 81.5 cm³/mol. The first-order chi connectivity index (χ1) is 10.3. The Labute approximate surface area is 126 Å². The van der Waals surface area contributed by atoms with Crippen molar-refractivity contribution in [3.05, 3.63) is 28.6 Å². The number of aromatic amines is 1. The first-order valence-corrected chi connectivity index (χ1v) is 8.11. The summed E-state index contributed by atoms with van der Waals surface area (Å²) >= 11 is 1.51. The van der Waals surface area contributed by atoms with Crippen LogP contribution < -0.4 is 11.0 Å². The van der Waals surface area contributed by atoms with E-state index in [1.54, 1.807) is 17.0 Å². The number of anilines is 1. The van der Waals surface area contributed by atoms with Gasteiger partial charge in [0.15, 0.2) is 5.16 Å². The molecule has 2 heterocycles. The number of aromatic nitrogens is 5. The largest absolute Gasteiger partial charge is 0.369 e. The normalized spacial score (nSPS) is 14.3. The molecule has 2 aromatic heterocycles. The van der Waals surface area contributed by atoms with E-state index in [0.29, 0.717) is 11.8 Å². The second-order valence-corrected chi connectivity index (χ2v) is 5.96. The van der Waals surface area contributed by atoms with E-state index in [9.17, 15) is 4.79 Å². The van der Waals surface area contributed by atoms with Crippen LogP contribution in [0.5, 0.6) is 0 Å². The van der Waals surface area contributed by atoms with E-state index in [2.05, 4.69) is 32.4 Å². The Morgan fingerprint density at radius 3 is 2.95 bits per heavy atom. The fraction of sp³-hybridized carbons (Fsp3) is 0.538. The molecule has 3 rings (SSSR count). The zero-order valence-electron chi connectivity index (χ0n) is 11.9. The van der Waals surface area contributed by atoms with Crippen molar-refractivity contribution in [2.24, 2.45) is 0 Å². The molecule has 0 unspecified atom stereocenters. The summed E-state index contributed by atoms with van der Waals surface area (Å²) in [7, 11) is 0. The molecule has 2 aromatic rings. The van der Waals surface area contributed by atoms with E-state index in [4.69, 9.17) is 0 Å². The molecule has 0 aliphatic heterocycles. The van der Waals surface area contributed by atoms with E-state index in [0.717, 1.165) is 42.5 Å². The summed E-state index contributed by atoms with van der Waals surface area (Å²) in [6, 6.07) is 0.324. The molecule has 0 amide bonds. The van der Waals surface area contributed by atoms with Gasteiger partial charge in [0.1, 0.15) is 5.82 Å². The third-order valence-electron chi connectivity index (χ3n) is 3.19. The van der Waals surface area contributed by atoms with Crippen LogP contribution in [0.4, 0.5) is 5.82 Å². The molecule has 0 spiro atoms. The van der Waals surface area contributed by atoms with E-state index in [1.165, 1.54) is 11.8 Å². The second kappa shape index (κ2) is 6.30. The minimum Gasteiger partial charge on any atom is -0.369 e. The Morgan fingerprint density at radius 2 is 2.29 bits per heavy atom. The van der Waals surface area contributed by atoms with Gasteiger partial charge in [0.2, 0.25) is 0 Å². The van der Waals surface area contributed by atoms with Gasteiger partial charge in [0.25, 0.3) is 0 Å². The maximum atomic E-state index is 11.7. The van der Waals surface area contributed by atoms with Crippen LogP contribution in [0.1, 0.15) is 37.9 Å². The highest BCUT2D eigenvalue weighted by molar-refractivity contribution is 7.98. The van der Waals surface area contributed by atoms with Gasteiger partial charge in [-0.2, -0.15) is 0 Å². The number of hydrogen-bond acceptors (Lipinski definition) is 6. The molecule has 2 N–H and O–H groups in total. The minimum absolute atomic E-state index is 0.120. The molecule has 0 aromatic carbocycles. The Bertz CT molecular complexity index is 645. The van der Waals surface area contributed by atoms with Gasteiger partial charge in [0.05, 0.1) is 18.1 Å². The molecule has 7 nitrogen and oxygen atoms in total. The third-order valence-corrected chi connectivity index (χ3v) is 4.18. The smallest absolute Gasteiger partial charge is 0.344 e. The summed E-state index contributed by atoms with van der Waals surface area (Å²) in [4.78, 5) is 20.4. The average molecular weight is 306 g/mol. The molecular formula is C13H18N6OS. The zero-order chi connectivity index (χ0) is 14.7. The van der Waals surface area contributed by atoms with Crippen molar-refractivity contribution in [1.82, 2.24) is 24.7 Å². The standard InChI is InChI=1S/C13H18N6OS/c1-2-5-14-11-7-15-9(6-16-11)8-21-13-18-17-12(20)19(13)10-3-4-10/h6-7,10H,2-5,8H2,1H3,(H,14,16)(H,17,20). The van der Waals surface area contributed by atoms with E-state index in [-0.39, 0.29) is 5.69 Å². The summed E-state index contributed by atoms with van der Waals surface area (Å²) in [5.41, 5.74) is 0.755. The number of rotatable bonds is 7. The van der Waals surface area contributed by atoms with Crippen molar-refractivity contribution < 1.29 is 0 Å². The van der Waals surface area contributed by atoms with Crippen molar-refractivity contribution >= 4 is 17.6 Å². The number of hydrogen-bond donors (Lipinski definition) is 2. The quantitative estimate of drug-likeness (QED) is 0.758. The minimum atomic E-state index is -0.120. The molecule has 0 radical (unpaired) electrons. The third kappa shape index (κ3) is 3.44. The summed E-state index contributed by atoms with van der Waals surface area (Å²) in [6.45, 7) is 3.00. The first kappa shape index (κ1) is 14.1. The lowest BCUT2D eigenvalue weighted by atomic mass is 10.4. The van der Waals surface area contributed by atoms with Crippen molar-refractivity contribution in [3.63, 3.8) is 0 Å². The highest BCUT2D eigenvalue weighted by Crippen LogP contribution is 2.36. The van der Waals surface area contributed by atoms with E-state index < -0.39 is 0 Å². The maximum absolute atomic E-state index is 11.7. The van der Waals surface area contributed by atoms with Gasteiger partial charge in [0, 0.05) is 18.3 Å². The number of thioether (sulfide) groups is 1. The fourth-order valence-electron chi connectivity index (χ4n) is 1.96. The monoisotopic (exact) mass is 306 g/mol. The Morgan fingerprint density at radius 1 is 1.43 bits per heavy atom. The van der Waals surface area contributed by atoms with Crippen molar-refractivity contribution in [1.29, 1.82) is 0 Å². The molecular weight excluding hydrogens is 288 g/mol. The fourth-order valence-corrected chi connectivity index (χ4v) is 2.87. The highest BCUT2D eigenvalue weighted by atomic mass is 32.2. The molecule has 21 heavy (non-hydrogen) atoms. The van der Waals surface area contributed by atoms with Crippen LogP contribution in [0.3, 0.4) is 0 Å². The highest BCUT2D eigenvalue weighted by Gasteiger charge is 2.28. The van der Waals surface area contributed by atoms with Crippen molar-refractivity contribution in [2.45, 2.75) is 43.1 Å². The molecule has 1 aliphatic carbocycles. The number of nitrogens with zero attached hydrogens (tertiary/aromatic N) is 4. The molecule has 1 saturated carbocycles. The van der Waals surface area contributed by atoms with Crippen molar-refractivity contribution in [2.75, 3.05) is 11.9 Å². The molecule has 1 aliphatic rings. The van der Waals surface area contributed by atoms with Gasteiger partial charge >= 0.3 is 5.69 Å². The van der Waals surface area contributed by atoms with Gasteiger partial charge in [-0.25, -0.2) is 14.9 Å². The van der Waals surface area contributed by atoms with Crippen LogP contribution in [0.2, 0.25) is 0 Å². The van der Waals surface area contributed by atoms with E-state index >= 15 is 0 Å². The molecule has 8 heteroatoms. The van der Waals surface area contributed by atoms with Gasteiger partial charge in [-0.05, 0) is 19.3 Å². The van der Waals surface area contributed by atoms with Crippen LogP contribution in [0.25, 0.3) is 0 Å². The first-order valence-electron chi connectivity index (χ1n) is 7.12. The van der Waals surface area contributed by atoms with Crippen LogP contribution in [0.15, 0.2) is 22.3 Å². The summed E-state index contributed by atoms with van der Waals surface area (Å²) in [5.74, 6) is 1.44. The zero-order valence-corrected chi connectivity index (χ0v) is 12.7. The Balaban J connectivity index is 1.61. The lowest BCUT2D eigenvalue weighted by molar-refractivity contribution is 0.642. The van der Waals surface area contributed by atoms with Gasteiger partial charge in [-0.3, -0.25) is 9.55 Å². The summed E-state index contributed by atoms with van der Waals surface area (Å²) < 4.78 is 1.75. The maximum Gasteiger partial charge on any atom is 0.344 e. The number of nitrogens with one attached hydrogen (secondary N) is 2. The van der Waals surface area contributed by atoms with Gasteiger partial charge in [-0.1, -0.05) is 18.7 Å². The predicted octanol–water partition coefficient (Wildman–Crippen LogP) is 1.81. The molecule has 0 atom stereocenters. The van der Waals surface area contributed by atoms with Crippen LogP contribution >= 0.6 is 11.8 Å². The summed E-state index contributed by atoms with van der Waals surface area (Å²) in [5, 5.41) is 10.5. The molecule has 0 bridgehead atoms.